The minimum atomic E-state index is -0.261. The van der Waals surface area contributed by atoms with Gasteiger partial charge in [0.25, 0.3) is 5.56 Å². The number of pyridine rings is 1. The zero-order valence-electron chi connectivity index (χ0n) is 16.2. The monoisotopic (exact) mass is 439 g/mol. The molecule has 0 spiro atoms. The number of halogens is 1. The van der Waals surface area contributed by atoms with Gasteiger partial charge in [0.15, 0.2) is 5.65 Å². The number of nitrogens with one attached hydrogen (secondary N) is 1. The first kappa shape index (κ1) is 20.1. The van der Waals surface area contributed by atoms with E-state index in [-0.39, 0.29) is 23.2 Å². The van der Waals surface area contributed by atoms with Crippen LogP contribution in [0.15, 0.2) is 58.5 Å². The van der Waals surface area contributed by atoms with Crippen LogP contribution in [0.4, 0.5) is 11.8 Å². The SMILES string of the molecule is CC(C)n1c(=O)c(-c2ccc(NSc3ccccc3Cl)nc2)nc2cnc(N)nc21. The lowest BCUT2D eigenvalue weighted by Gasteiger charge is -2.14. The molecule has 10 heteroatoms. The maximum Gasteiger partial charge on any atom is 0.279 e. The van der Waals surface area contributed by atoms with Crippen molar-refractivity contribution in [2.75, 3.05) is 10.5 Å². The van der Waals surface area contributed by atoms with Crippen LogP contribution in [-0.2, 0) is 0 Å². The van der Waals surface area contributed by atoms with E-state index in [1.54, 1.807) is 22.9 Å². The number of hydrogen-bond acceptors (Lipinski definition) is 8. The number of nitrogens with two attached hydrogens (primary N) is 1. The zero-order chi connectivity index (χ0) is 21.3. The van der Waals surface area contributed by atoms with Gasteiger partial charge < -0.3 is 10.5 Å². The molecule has 0 atom stereocenters. The third kappa shape index (κ3) is 3.94. The average Bonchev–Trinajstić information content (AvgIpc) is 2.73. The van der Waals surface area contributed by atoms with Crippen LogP contribution in [0.2, 0.25) is 5.02 Å². The first-order valence-corrected chi connectivity index (χ1v) is 10.3. The van der Waals surface area contributed by atoms with Crippen LogP contribution in [0, 0.1) is 0 Å². The van der Waals surface area contributed by atoms with Gasteiger partial charge in [0, 0.05) is 22.7 Å². The summed E-state index contributed by atoms with van der Waals surface area (Å²) in [6.45, 7) is 3.81. The Morgan fingerprint density at radius 3 is 2.60 bits per heavy atom. The number of hydrogen-bond donors (Lipinski definition) is 2. The second-order valence-electron chi connectivity index (χ2n) is 6.73. The molecule has 4 aromatic rings. The van der Waals surface area contributed by atoms with E-state index in [4.69, 9.17) is 17.3 Å². The Hall–Kier alpha value is -3.17. The summed E-state index contributed by atoms with van der Waals surface area (Å²) in [5.74, 6) is 0.726. The van der Waals surface area contributed by atoms with Crippen molar-refractivity contribution in [3.8, 4) is 11.3 Å². The Morgan fingerprint density at radius 2 is 1.90 bits per heavy atom. The highest BCUT2D eigenvalue weighted by molar-refractivity contribution is 8.00. The van der Waals surface area contributed by atoms with Crippen molar-refractivity contribution in [3.63, 3.8) is 0 Å². The highest BCUT2D eigenvalue weighted by atomic mass is 35.5. The molecule has 0 aliphatic rings. The van der Waals surface area contributed by atoms with Gasteiger partial charge in [-0.3, -0.25) is 9.36 Å². The van der Waals surface area contributed by atoms with Gasteiger partial charge in [0.1, 0.15) is 17.0 Å². The molecule has 3 heterocycles. The number of benzene rings is 1. The van der Waals surface area contributed by atoms with E-state index in [1.807, 2.05) is 38.1 Å². The van der Waals surface area contributed by atoms with Crippen LogP contribution in [0.25, 0.3) is 22.4 Å². The van der Waals surface area contributed by atoms with E-state index in [2.05, 4.69) is 24.7 Å². The van der Waals surface area contributed by atoms with Crippen LogP contribution >= 0.6 is 23.5 Å². The molecule has 0 unspecified atom stereocenters. The Morgan fingerprint density at radius 1 is 1.10 bits per heavy atom. The van der Waals surface area contributed by atoms with E-state index in [9.17, 15) is 4.79 Å². The van der Waals surface area contributed by atoms with Crippen LogP contribution in [0.3, 0.4) is 0 Å². The Kier molecular flexibility index (Phi) is 5.56. The highest BCUT2D eigenvalue weighted by Gasteiger charge is 2.17. The van der Waals surface area contributed by atoms with Gasteiger partial charge in [-0.2, -0.15) is 4.98 Å². The summed E-state index contributed by atoms with van der Waals surface area (Å²) in [5, 5.41) is 0.657. The van der Waals surface area contributed by atoms with Crippen molar-refractivity contribution in [2.24, 2.45) is 0 Å². The fourth-order valence-corrected chi connectivity index (χ4v) is 3.81. The first-order chi connectivity index (χ1) is 14.4. The van der Waals surface area contributed by atoms with Gasteiger partial charge in [0.2, 0.25) is 5.95 Å². The number of nitrogens with zero attached hydrogens (tertiary/aromatic N) is 5. The summed E-state index contributed by atoms with van der Waals surface area (Å²) in [7, 11) is 0. The smallest absolute Gasteiger partial charge is 0.279 e. The summed E-state index contributed by atoms with van der Waals surface area (Å²) in [5.41, 5.74) is 7.21. The zero-order valence-corrected chi connectivity index (χ0v) is 17.8. The fourth-order valence-electron chi connectivity index (χ4n) is 2.91. The topological polar surface area (TPSA) is 112 Å². The molecule has 152 valence electrons. The summed E-state index contributed by atoms with van der Waals surface area (Å²) >= 11 is 7.53. The van der Waals surface area contributed by atoms with E-state index in [0.29, 0.717) is 27.6 Å². The molecule has 0 saturated carbocycles. The predicted octanol–water partition coefficient (Wildman–Crippen LogP) is 4.18. The van der Waals surface area contributed by atoms with Crippen molar-refractivity contribution in [1.29, 1.82) is 0 Å². The van der Waals surface area contributed by atoms with E-state index in [1.165, 1.54) is 18.1 Å². The standard InChI is InChI=1S/C20H18ClN7OS/c1-11(2)28-18-14(10-24-20(22)26-18)25-17(19(28)29)12-7-8-16(23-9-12)27-30-15-6-4-3-5-13(15)21/h3-11H,1-2H3,(H,23,27)(H2,22,24,26). The predicted molar refractivity (Wildman–Crippen MR) is 121 cm³/mol. The molecule has 0 radical (unpaired) electrons. The third-order valence-corrected chi connectivity index (χ3v) is 5.63. The molecule has 4 rings (SSSR count). The molecule has 0 aliphatic carbocycles. The van der Waals surface area contributed by atoms with E-state index < -0.39 is 0 Å². The second-order valence-corrected chi connectivity index (χ2v) is 7.99. The van der Waals surface area contributed by atoms with Gasteiger partial charge in [0.05, 0.1) is 11.2 Å². The quantitative estimate of drug-likeness (QED) is 0.445. The molecule has 3 aromatic heterocycles. The number of nitrogen functional groups attached to an aromatic ring is 1. The normalized spacial score (nSPS) is 11.2. The number of aromatic nitrogens is 5. The van der Waals surface area contributed by atoms with Crippen molar-refractivity contribution in [2.45, 2.75) is 24.8 Å². The minimum absolute atomic E-state index is 0.0963. The molecule has 8 nitrogen and oxygen atoms in total. The summed E-state index contributed by atoms with van der Waals surface area (Å²) in [6, 6.07) is 11.0. The maximum absolute atomic E-state index is 13.1. The molecule has 1 aromatic carbocycles. The second kappa shape index (κ2) is 8.29. The van der Waals surface area contributed by atoms with Crippen molar-refractivity contribution < 1.29 is 0 Å². The summed E-state index contributed by atoms with van der Waals surface area (Å²) in [6.07, 6.45) is 3.12. The van der Waals surface area contributed by atoms with E-state index >= 15 is 0 Å². The molecular weight excluding hydrogens is 422 g/mol. The lowest BCUT2D eigenvalue weighted by atomic mass is 10.2. The van der Waals surface area contributed by atoms with Gasteiger partial charge in [-0.15, -0.1) is 0 Å². The van der Waals surface area contributed by atoms with Crippen LogP contribution in [0.1, 0.15) is 19.9 Å². The van der Waals surface area contributed by atoms with Gasteiger partial charge in [-0.05, 0) is 50.1 Å². The lowest BCUT2D eigenvalue weighted by Crippen LogP contribution is -2.26. The first-order valence-electron chi connectivity index (χ1n) is 9.12. The van der Waals surface area contributed by atoms with Crippen molar-refractivity contribution in [1.82, 2.24) is 24.5 Å². The molecule has 0 saturated heterocycles. The fraction of sp³-hybridized carbons (Fsp3) is 0.150. The number of anilines is 2. The lowest BCUT2D eigenvalue weighted by molar-refractivity contribution is 0.593. The van der Waals surface area contributed by atoms with Crippen molar-refractivity contribution in [3.05, 3.63) is 64.2 Å². The summed E-state index contributed by atoms with van der Waals surface area (Å²) < 4.78 is 4.71. The number of fused-ring (bicyclic) bond motifs is 1. The Labute approximate surface area is 181 Å². The van der Waals surface area contributed by atoms with Crippen LogP contribution < -0.4 is 16.0 Å². The number of rotatable bonds is 5. The van der Waals surface area contributed by atoms with Gasteiger partial charge in [-0.25, -0.2) is 15.0 Å². The van der Waals surface area contributed by atoms with Crippen LogP contribution in [0.5, 0.6) is 0 Å². The van der Waals surface area contributed by atoms with Gasteiger partial charge >= 0.3 is 0 Å². The average molecular weight is 440 g/mol. The van der Waals surface area contributed by atoms with Crippen LogP contribution in [-0.4, -0.2) is 24.5 Å². The molecule has 30 heavy (non-hydrogen) atoms. The van der Waals surface area contributed by atoms with Crippen molar-refractivity contribution >= 4 is 46.5 Å². The Bertz CT molecular complexity index is 1270. The van der Waals surface area contributed by atoms with E-state index in [0.717, 1.165) is 4.90 Å². The highest BCUT2D eigenvalue weighted by Crippen LogP contribution is 2.27. The molecule has 0 amide bonds. The molecule has 0 fully saturated rings. The Balaban J connectivity index is 1.67. The maximum atomic E-state index is 13.1. The minimum Gasteiger partial charge on any atom is -0.368 e. The molecule has 3 N–H and O–H groups in total. The molecular formula is C20H18ClN7OS. The largest absolute Gasteiger partial charge is 0.368 e. The van der Waals surface area contributed by atoms with Gasteiger partial charge in [-0.1, -0.05) is 23.7 Å². The summed E-state index contributed by atoms with van der Waals surface area (Å²) in [4.78, 5) is 31.0. The molecule has 0 bridgehead atoms. The molecule has 0 aliphatic heterocycles. The third-order valence-electron chi connectivity index (χ3n) is 4.31.